The molecular weight excluding hydrogens is 222 g/mol. The molecule has 0 aromatic heterocycles. The van der Waals surface area contributed by atoms with Crippen LogP contribution in [0.5, 0.6) is 0 Å². The molecule has 1 N–H and O–H groups in total. The van der Waals surface area contributed by atoms with E-state index < -0.39 is 8.07 Å². The third-order valence-corrected chi connectivity index (χ3v) is 5.17. The maximum Gasteiger partial charge on any atom is 0.0775 e. The Hall–Kier alpha value is -0.603. The molecule has 0 aliphatic heterocycles. The number of hydrogen-bond donors (Lipinski definition) is 1. The van der Waals surface area contributed by atoms with Gasteiger partial charge in [-0.05, 0) is 18.5 Å². The zero-order valence-electron chi connectivity index (χ0n) is 11.8. The monoisotopic (exact) mass is 249 g/mol. The van der Waals surface area contributed by atoms with Crippen LogP contribution in [0.25, 0.3) is 0 Å². The van der Waals surface area contributed by atoms with Gasteiger partial charge in [-0.25, -0.2) is 0 Å². The fraction of sp³-hybridized carbons (Fsp3) is 0.600. The highest BCUT2D eigenvalue weighted by Gasteiger charge is 2.15. The minimum atomic E-state index is -1.13. The highest BCUT2D eigenvalue weighted by molar-refractivity contribution is 6.88. The molecule has 0 radical (unpaired) electrons. The van der Waals surface area contributed by atoms with Gasteiger partial charge in [0.15, 0.2) is 0 Å². The predicted molar refractivity (Wildman–Crippen MR) is 80.7 cm³/mol. The second-order valence-corrected chi connectivity index (χ2v) is 10.9. The molecule has 0 heterocycles. The van der Waals surface area contributed by atoms with Crippen molar-refractivity contribution in [3.63, 3.8) is 0 Å². The maximum absolute atomic E-state index is 3.51. The van der Waals surface area contributed by atoms with Crippen LogP contribution in [-0.2, 0) is 6.54 Å². The van der Waals surface area contributed by atoms with Crippen LogP contribution in [0.2, 0.25) is 19.6 Å². The van der Waals surface area contributed by atoms with Gasteiger partial charge in [-0.15, -0.1) is 0 Å². The number of unbranched alkanes of at least 4 members (excludes halogenated alkanes) is 2. The van der Waals surface area contributed by atoms with Crippen molar-refractivity contribution in [3.05, 3.63) is 29.8 Å². The average molecular weight is 249 g/mol. The second kappa shape index (κ2) is 6.97. The molecule has 0 atom stereocenters. The summed E-state index contributed by atoms with van der Waals surface area (Å²) in [7, 11) is -1.13. The average Bonchev–Trinajstić information content (AvgIpc) is 2.28. The molecule has 96 valence electrons. The minimum Gasteiger partial charge on any atom is -0.313 e. The molecule has 0 amide bonds. The highest BCUT2D eigenvalue weighted by Crippen LogP contribution is 2.04. The van der Waals surface area contributed by atoms with Gasteiger partial charge in [-0.2, -0.15) is 0 Å². The van der Waals surface area contributed by atoms with Gasteiger partial charge in [0.25, 0.3) is 0 Å². The van der Waals surface area contributed by atoms with Gasteiger partial charge in [0.1, 0.15) is 0 Å². The van der Waals surface area contributed by atoms with E-state index in [-0.39, 0.29) is 0 Å². The van der Waals surface area contributed by atoms with Crippen LogP contribution in [0.1, 0.15) is 31.7 Å². The van der Waals surface area contributed by atoms with Gasteiger partial charge >= 0.3 is 0 Å². The predicted octanol–water partition coefficient (Wildman–Crippen LogP) is 3.51. The van der Waals surface area contributed by atoms with Gasteiger partial charge in [0, 0.05) is 6.54 Å². The molecule has 0 aliphatic rings. The molecule has 0 unspecified atom stereocenters. The third-order valence-electron chi connectivity index (χ3n) is 3.11. The van der Waals surface area contributed by atoms with Gasteiger partial charge in [0.05, 0.1) is 8.07 Å². The SMILES string of the molecule is CCCCCNCc1ccc([Si](C)(C)C)cc1. The second-order valence-electron chi connectivity index (χ2n) is 5.83. The number of rotatable bonds is 7. The first-order valence-corrected chi connectivity index (χ1v) is 10.3. The van der Waals surface area contributed by atoms with Crippen molar-refractivity contribution < 1.29 is 0 Å². The Morgan fingerprint density at radius 1 is 1.00 bits per heavy atom. The molecule has 1 rings (SSSR count). The van der Waals surface area contributed by atoms with E-state index in [1.807, 2.05) is 0 Å². The Kier molecular flexibility index (Phi) is 5.93. The first-order valence-electron chi connectivity index (χ1n) is 6.84. The Balaban J connectivity index is 2.36. The molecule has 0 fully saturated rings. The van der Waals surface area contributed by atoms with Crippen molar-refractivity contribution in [3.8, 4) is 0 Å². The summed E-state index contributed by atoms with van der Waals surface area (Å²) in [6.45, 7) is 11.6. The highest BCUT2D eigenvalue weighted by atomic mass is 28.3. The molecule has 0 saturated carbocycles. The quantitative estimate of drug-likeness (QED) is 0.576. The first kappa shape index (κ1) is 14.5. The van der Waals surface area contributed by atoms with Crippen molar-refractivity contribution in [1.29, 1.82) is 0 Å². The van der Waals surface area contributed by atoms with E-state index in [4.69, 9.17) is 0 Å². The van der Waals surface area contributed by atoms with Gasteiger partial charge in [0.2, 0.25) is 0 Å². The number of benzene rings is 1. The van der Waals surface area contributed by atoms with Crippen LogP contribution in [0, 0.1) is 0 Å². The lowest BCUT2D eigenvalue weighted by Crippen LogP contribution is -2.37. The summed E-state index contributed by atoms with van der Waals surface area (Å²) in [5.74, 6) is 0. The first-order chi connectivity index (χ1) is 8.04. The van der Waals surface area contributed by atoms with E-state index >= 15 is 0 Å². The summed E-state index contributed by atoms with van der Waals surface area (Å²) in [5, 5.41) is 5.05. The van der Waals surface area contributed by atoms with E-state index in [1.165, 1.54) is 24.8 Å². The fourth-order valence-corrected chi connectivity index (χ4v) is 3.02. The van der Waals surface area contributed by atoms with Crippen molar-refractivity contribution in [1.82, 2.24) is 5.32 Å². The normalized spacial score (nSPS) is 11.8. The van der Waals surface area contributed by atoms with Crippen molar-refractivity contribution in [2.75, 3.05) is 6.54 Å². The lowest BCUT2D eigenvalue weighted by atomic mass is 10.2. The zero-order chi connectivity index (χ0) is 12.7. The summed E-state index contributed by atoms with van der Waals surface area (Å²) in [6.07, 6.45) is 3.93. The molecule has 0 saturated heterocycles. The van der Waals surface area contributed by atoms with Crippen molar-refractivity contribution >= 4 is 13.3 Å². The van der Waals surface area contributed by atoms with E-state index in [2.05, 4.69) is 56.1 Å². The van der Waals surface area contributed by atoms with Crippen LogP contribution >= 0.6 is 0 Å². The Labute approximate surface area is 108 Å². The van der Waals surface area contributed by atoms with Crippen molar-refractivity contribution in [2.45, 2.75) is 52.4 Å². The number of hydrogen-bond acceptors (Lipinski definition) is 1. The smallest absolute Gasteiger partial charge is 0.0775 e. The summed E-state index contributed by atoms with van der Waals surface area (Å²) >= 11 is 0. The van der Waals surface area contributed by atoms with Gasteiger partial charge < -0.3 is 5.32 Å². The molecule has 2 heteroatoms. The van der Waals surface area contributed by atoms with Crippen LogP contribution < -0.4 is 10.5 Å². The van der Waals surface area contributed by atoms with E-state index in [0.717, 1.165) is 13.1 Å². The summed E-state index contributed by atoms with van der Waals surface area (Å²) < 4.78 is 0. The molecule has 1 aromatic rings. The summed E-state index contributed by atoms with van der Waals surface area (Å²) in [6, 6.07) is 9.19. The van der Waals surface area contributed by atoms with Gasteiger partial charge in [-0.1, -0.05) is 68.9 Å². The molecule has 1 aromatic carbocycles. The Bertz CT molecular complexity index is 311. The van der Waals surface area contributed by atoms with Crippen LogP contribution in [0.4, 0.5) is 0 Å². The van der Waals surface area contributed by atoms with Crippen LogP contribution in [-0.4, -0.2) is 14.6 Å². The van der Waals surface area contributed by atoms with E-state index in [0.29, 0.717) is 0 Å². The third kappa shape index (κ3) is 5.51. The van der Waals surface area contributed by atoms with Crippen LogP contribution in [0.3, 0.4) is 0 Å². The summed E-state index contributed by atoms with van der Waals surface area (Å²) in [5.41, 5.74) is 1.41. The topological polar surface area (TPSA) is 12.0 Å². The number of nitrogens with one attached hydrogen (secondary N) is 1. The largest absolute Gasteiger partial charge is 0.313 e. The summed E-state index contributed by atoms with van der Waals surface area (Å²) in [4.78, 5) is 0. The lowest BCUT2D eigenvalue weighted by Gasteiger charge is -2.16. The standard InChI is InChI=1S/C15H27NSi/c1-5-6-7-12-16-13-14-8-10-15(11-9-14)17(2,3)4/h8-11,16H,5-7,12-13H2,1-4H3. The Morgan fingerprint density at radius 2 is 1.65 bits per heavy atom. The maximum atomic E-state index is 3.51. The minimum absolute atomic E-state index is 1.01. The van der Waals surface area contributed by atoms with E-state index in [1.54, 1.807) is 5.19 Å². The van der Waals surface area contributed by atoms with Crippen molar-refractivity contribution in [2.24, 2.45) is 0 Å². The molecule has 0 spiro atoms. The fourth-order valence-electron chi connectivity index (χ4n) is 1.86. The molecule has 0 aliphatic carbocycles. The zero-order valence-corrected chi connectivity index (χ0v) is 12.8. The van der Waals surface area contributed by atoms with Crippen LogP contribution in [0.15, 0.2) is 24.3 Å². The molecule has 17 heavy (non-hydrogen) atoms. The Morgan fingerprint density at radius 3 is 2.18 bits per heavy atom. The molecular formula is C15H27NSi. The lowest BCUT2D eigenvalue weighted by molar-refractivity contribution is 0.617. The molecule has 1 nitrogen and oxygen atoms in total. The molecule has 0 bridgehead atoms. The van der Waals surface area contributed by atoms with E-state index in [9.17, 15) is 0 Å². The van der Waals surface area contributed by atoms with Gasteiger partial charge in [-0.3, -0.25) is 0 Å².